The van der Waals surface area contributed by atoms with Crippen LogP contribution in [0.4, 0.5) is 0 Å². The van der Waals surface area contributed by atoms with Gasteiger partial charge in [0.25, 0.3) is 0 Å². The van der Waals surface area contributed by atoms with Crippen LogP contribution < -0.4 is 0 Å². The first-order valence-electron chi connectivity index (χ1n) is 8.08. The molecule has 0 radical (unpaired) electrons. The van der Waals surface area contributed by atoms with Gasteiger partial charge >= 0.3 is 7.12 Å². The molecule has 1 aliphatic heterocycles. The average Bonchev–Trinajstić information content (AvgIpc) is 2.64. The van der Waals surface area contributed by atoms with E-state index in [9.17, 15) is 4.79 Å². The van der Waals surface area contributed by atoms with Gasteiger partial charge in [-0.25, -0.2) is 0 Å². The van der Waals surface area contributed by atoms with E-state index < -0.39 is 0 Å². The van der Waals surface area contributed by atoms with Crippen LogP contribution in [0.1, 0.15) is 58.3 Å². The van der Waals surface area contributed by atoms with E-state index in [0.29, 0.717) is 12.3 Å². The van der Waals surface area contributed by atoms with E-state index in [4.69, 9.17) is 9.31 Å². The number of carbonyl (C=O) groups excluding carboxylic acids is 1. The van der Waals surface area contributed by atoms with Crippen molar-refractivity contribution in [3.63, 3.8) is 0 Å². The Morgan fingerprint density at radius 3 is 2.00 bits per heavy atom. The van der Waals surface area contributed by atoms with Crippen molar-refractivity contribution in [1.82, 2.24) is 0 Å². The van der Waals surface area contributed by atoms with E-state index in [1.54, 1.807) is 0 Å². The molecule has 120 valence electrons. The van der Waals surface area contributed by atoms with Gasteiger partial charge in [-0.1, -0.05) is 44.2 Å². The van der Waals surface area contributed by atoms with E-state index in [1.807, 2.05) is 58.0 Å². The highest BCUT2D eigenvalue weighted by molar-refractivity contribution is 6.48. The molecule has 0 unspecified atom stereocenters. The van der Waals surface area contributed by atoms with Crippen molar-refractivity contribution < 1.29 is 14.1 Å². The third kappa shape index (κ3) is 3.44. The molecule has 1 aliphatic rings. The Kier molecular flexibility index (Phi) is 4.83. The molecule has 0 bridgehead atoms. The maximum atomic E-state index is 12.5. The van der Waals surface area contributed by atoms with Gasteiger partial charge in [-0.3, -0.25) is 4.79 Å². The molecule has 0 N–H and O–H groups in total. The molecule has 1 saturated heterocycles. The summed E-state index contributed by atoms with van der Waals surface area (Å²) in [6, 6.07) is 9.44. The molecule has 1 aromatic rings. The summed E-state index contributed by atoms with van der Waals surface area (Å²) in [5.74, 6) is 0.505. The SMILES string of the molecule is CC(C)[C@H](CC(=O)c1ccccc1)B1OC(C)(C)C(C)(C)O1. The lowest BCUT2D eigenvalue weighted by Crippen LogP contribution is -2.41. The van der Waals surface area contributed by atoms with Crippen LogP contribution >= 0.6 is 0 Å². The number of carbonyl (C=O) groups is 1. The second-order valence-electron chi connectivity index (χ2n) is 7.53. The van der Waals surface area contributed by atoms with Crippen molar-refractivity contribution in [1.29, 1.82) is 0 Å². The van der Waals surface area contributed by atoms with Gasteiger partial charge in [0.15, 0.2) is 5.78 Å². The highest BCUT2D eigenvalue weighted by atomic mass is 16.7. The highest BCUT2D eigenvalue weighted by Crippen LogP contribution is 2.43. The topological polar surface area (TPSA) is 35.5 Å². The van der Waals surface area contributed by atoms with Gasteiger partial charge in [0.2, 0.25) is 0 Å². The van der Waals surface area contributed by atoms with E-state index in [-0.39, 0.29) is 29.9 Å². The number of rotatable bonds is 5. The number of hydrogen-bond donors (Lipinski definition) is 0. The number of hydrogen-bond acceptors (Lipinski definition) is 3. The molecule has 1 heterocycles. The normalized spacial score (nSPS) is 21.1. The fourth-order valence-electron chi connectivity index (χ4n) is 2.67. The fourth-order valence-corrected chi connectivity index (χ4v) is 2.67. The predicted molar refractivity (Wildman–Crippen MR) is 90.1 cm³/mol. The minimum absolute atomic E-state index is 0.0498. The maximum absolute atomic E-state index is 12.5. The molecule has 4 heteroatoms. The quantitative estimate of drug-likeness (QED) is 0.598. The van der Waals surface area contributed by atoms with Crippen LogP contribution in [0.3, 0.4) is 0 Å². The molecule has 22 heavy (non-hydrogen) atoms. The first-order valence-corrected chi connectivity index (χ1v) is 8.08. The molecule has 0 aromatic heterocycles. The summed E-state index contributed by atoms with van der Waals surface area (Å²) in [5, 5.41) is 0. The summed E-state index contributed by atoms with van der Waals surface area (Å²) in [7, 11) is -0.335. The largest absolute Gasteiger partial charge is 0.461 e. The van der Waals surface area contributed by atoms with Crippen LogP contribution in [-0.4, -0.2) is 24.1 Å². The van der Waals surface area contributed by atoms with Crippen molar-refractivity contribution in [2.24, 2.45) is 5.92 Å². The van der Waals surface area contributed by atoms with Crippen molar-refractivity contribution in [2.45, 2.75) is 65.0 Å². The first kappa shape index (κ1) is 17.2. The van der Waals surface area contributed by atoms with Gasteiger partial charge in [-0.15, -0.1) is 0 Å². The van der Waals surface area contributed by atoms with Crippen LogP contribution in [0.25, 0.3) is 0 Å². The summed E-state index contributed by atoms with van der Waals surface area (Å²) in [5.41, 5.74) is 0.0333. The summed E-state index contributed by atoms with van der Waals surface area (Å²) in [6.07, 6.45) is 0.443. The van der Waals surface area contributed by atoms with Gasteiger partial charge < -0.3 is 9.31 Å². The maximum Gasteiger partial charge on any atom is 0.461 e. The van der Waals surface area contributed by atoms with Gasteiger partial charge in [0, 0.05) is 17.8 Å². The zero-order chi connectivity index (χ0) is 16.5. The lowest BCUT2D eigenvalue weighted by Gasteiger charge is -2.32. The fraction of sp³-hybridized carbons (Fsp3) is 0.611. The second kappa shape index (κ2) is 6.17. The number of Topliss-reactive ketones (excluding diaryl/α,β-unsaturated/α-hetero) is 1. The Hall–Kier alpha value is -1.13. The van der Waals surface area contributed by atoms with E-state index in [1.165, 1.54) is 0 Å². The Bertz CT molecular complexity index is 506. The summed E-state index contributed by atoms with van der Waals surface area (Å²) >= 11 is 0. The Labute approximate surface area is 134 Å². The summed E-state index contributed by atoms with van der Waals surface area (Å²) in [4.78, 5) is 12.5. The minimum atomic E-state index is -0.361. The third-order valence-corrected chi connectivity index (χ3v) is 4.99. The zero-order valence-corrected chi connectivity index (χ0v) is 14.6. The summed E-state index contributed by atoms with van der Waals surface area (Å²) in [6.45, 7) is 12.4. The van der Waals surface area contributed by atoms with Crippen molar-refractivity contribution in [3.05, 3.63) is 35.9 Å². The van der Waals surface area contributed by atoms with Gasteiger partial charge in [-0.2, -0.15) is 0 Å². The lowest BCUT2D eigenvalue weighted by molar-refractivity contribution is 0.00578. The molecule has 1 atom stereocenters. The van der Waals surface area contributed by atoms with Crippen LogP contribution in [0.2, 0.25) is 5.82 Å². The standard InChI is InChI=1S/C18H27BO3/c1-13(2)15(12-16(20)14-10-8-7-9-11-14)19-21-17(3,4)18(5,6)22-19/h7-11,13,15H,12H2,1-6H3/t15-/m0/s1. The van der Waals surface area contributed by atoms with E-state index in [2.05, 4.69) is 13.8 Å². The molecule has 1 fully saturated rings. The van der Waals surface area contributed by atoms with Crippen molar-refractivity contribution in [3.8, 4) is 0 Å². The molecule has 2 rings (SSSR count). The molecule has 3 nitrogen and oxygen atoms in total. The lowest BCUT2D eigenvalue weighted by atomic mass is 9.63. The Balaban J connectivity index is 2.14. The van der Waals surface area contributed by atoms with E-state index in [0.717, 1.165) is 5.56 Å². The predicted octanol–water partition coefficient (Wildman–Crippen LogP) is 4.38. The van der Waals surface area contributed by atoms with Gasteiger partial charge in [0.05, 0.1) is 11.2 Å². The molecule has 0 saturated carbocycles. The second-order valence-corrected chi connectivity index (χ2v) is 7.53. The molecule has 0 amide bonds. The van der Waals surface area contributed by atoms with Gasteiger partial charge in [0.1, 0.15) is 0 Å². The molecule has 0 spiro atoms. The first-order chi connectivity index (χ1) is 10.1. The van der Waals surface area contributed by atoms with Crippen molar-refractivity contribution in [2.75, 3.05) is 0 Å². The average molecular weight is 302 g/mol. The smallest absolute Gasteiger partial charge is 0.403 e. The van der Waals surface area contributed by atoms with Crippen LogP contribution in [0.15, 0.2) is 30.3 Å². The highest BCUT2D eigenvalue weighted by Gasteiger charge is 2.54. The molecular formula is C18H27BO3. The molecule has 1 aromatic carbocycles. The monoisotopic (exact) mass is 302 g/mol. The van der Waals surface area contributed by atoms with Crippen LogP contribution in [-0.2, 0) is 9.31 Å². The number of ketones is 1. The van der Waals surface area contributed by atoms with Gasteiger partial charge in [-0.05, 0) is 33.6 Å². The minimum Gasteiger partial charge on any atom is -0.403 e. The number of benzene rings is 1. The Morgan fingerprint density at radius 2 is 1.55 bits per heavy atom. The van der Waals surface area contributed by atoms with Crippen molar-refractivity contribution >= 4 is 12.9 Å². The van der Waals surface area contributed by atoms with Crippen LogP contribution in [0.5, 0.6) is 0 Å². The zero-order valence-electron chi connectivity index (χ0n) is 14.6. The Morgan fingerprint density at radius 1 is 1.05 bits per heavy atom. The molecular weight excluding hydrogens is 275 g/mol. The van der Waals surface area contributed by atoms with E-state index >= 15 is 0 Å². The third-order valence-electron chi connectivity index (χ3n) is 4.99. The summed E-state index contributed by atoms with van der Waals surface area (Å²) < 4.78 is 12.3. The molecule has 0 aliphatic carbocycles. The van der Waals surface area contributed by atoms with Crippen LogP contribution in [0, 0.1) is 5.92 Å².